The molecule has 0 radical (unpaired) electrons. The number of carbonyl (C=O) groups excluding carboxylic acids is 2. The number of carbonyl (C=O) groups is 2. The van der Waals surface area contributed by atoms with E-state index in [-0.39, 0.29) is 11.8 Å². The molecule has 2 aliphatic heterocycles. The Bertz CT molecular complexity index is 620. The lowest BCUT2D eigenvalue weighted by atomic mass is 9.98. The highest BCUT2D eigenvalue weighted by Crippen LogP contribution is 2.31. The predicted octanol–water partition coefficient (Wildman–Crippen LogP) is 2.58. The number of nitrogens with zero attached hydrogens (tertiary/aromatic N) is 1. The number of likely N-dealkylation sites (tertiary alicyclic amines) is 1. The highest BCUT2D eigenvalue weighted by Gasteiger charge is 2.20. The fourth-order valence-electron chi connectivity index (χ4n) is 3.31. The summed E-state index contributed by atoms with van der Waals surface area (Å²) in [4.78, 5) is 27.6. The number of anilines is 1. The average molecular weight is 347 g/mol. The molecule has 6 heteroatoms. The zero-order valence-electron chi connectivity index (χ0n) is 14.1. The van der Waals surface area contributed by atoms with Gasteiger partial charge in [0.1, 0.15) is 0 Å². The van der Waals surface area contributed by atoms with E-state index < -0.39 is 0 Å². The number of nitrogens with one attached hydrogen (secondary N) is 2. The van der Waals surface area contributed by atoms with E-state index in [4.69, 9.17) is 0 Å². The zero-order chi connectivity index (χ0) is 16.9. The van der Waals surface area contributed by atoms with Crippen molar-refractivity contribution in [1.29, 1.82) is 0 Å². The van der Waals surface area contributed by atoms with E-state index in [2.05, 4.69) is 22.5 Å². The van der Waals surface area contributed by atoms with Gasteiger partial charge < -0.3 is 15.5 Å². The van der Waals surface area contributed by atoms with Crippen molar-refractivity contribution in [3.8, 4) is 0 Å². The van der Waals surface area contributed by atoms with Gasteiger partial charge in [0.15, 0.2) is 0 Å². The molecule has 0 aliphatic carbocycles. The maximum absolute atomic E-state index is 12.4. The van der Waals surface area contributed by atoms with Gasteiger partial charge in [0.2, 0.25) is 5.91 Å². The van der Waals surface area contributed by atoms with E-state index in [0.717, 1.165) is 29.4 Å². The Hall–Kier alpha value is -1.53. The SMILES string of the molecule is CCN1CCC[C@H](CNC(=O)c2ccc3c(c2)NC(=O)CCS3)C1. The van der Waals surface area contributed by atoms with Crippen molar-refractivity contribution in [2.45, 2.75) is 31.1 Å². The predicted molar refractivity (Wildman–Crippen MR) is 97.6 cm³/mol. The highest BCUT2D eigenvalue weighted by atomic mass is 32.2. The van der Waals surface area contributed by atoms with Crippen LogP contribution in [0.5, 0.6) is 0 Å². The quantitative estimate of drug-likeness (QED) is 0.879. The number of hydrogen-bond acceptors (Lipinski definition) is 4. The van der Waals surface area contributed by atoms with E-state index >= 15 is 0 Å². The summed E-state index contributed by atoms with van der Waals surface area (Å²) in [6.07, 6.45) is 2.89. The maximum atomic E-state index is 12.4. The highest BCUT2D eigenvalue weighted by molar-refractivity contribution is 7.99. The molecule has 0 unspecified atom stereocenters. The number of rotatable bonds is 4. The van der Waals surface area contributed by atoms with Crippen molar-refractivity contribution >= 4 is 29.3 Å². The lowest BCUT2D eigenvalue weighted by Gasteiger charge is -2.31. The Morgan fingerprint density at radius 2 is 2.33 bits per heavy atom. The third kappa shape index (κ3) is 4.30. The summed E-state index contributed by atoms with van der Waals surface area (Å²) < 4.78 is 0. The molecular formula is C18H25N3O2S. The van der Waals surface area contributed by atoms with E-state index in [1.165, 1.54) is 19.4 Å². The van der Waals surface area contributed by atoms with Gasteiger partial charge >= 0.3 is 0 Å². The molecule has 5 nitrogen and oxygen atoms in total. The number of fused-ring (bicyclic) bond motifs is 1. The van der Waals surface area contributed by atoms with Crippen molar-refractivity contribution in [3.63, 3.8) is 0 Å². The Labute approximate surface area is 147 Å². The van der Waals surface area contributed by atoms with Crippen LogP contribution in [0.4, 0.5) is 5.69 Å². The molecule has 2 N–H and O–H groups in total. The van der Waals surface area contributed by atoms with Gasteiger partial charge in [0.05, 0.1) is 5.69 Å². The molecular weight excluding hydrogens is 322 g/mol. The fraction of sp³-hybridized carbons (Fsp3) is 0.556. The molecule has 0 bridgehead atoms. The van der Waals surface area contributed by atoms with Crippen LogP contribution in [0.3, 0.4) is 0 Å². The molecule has 130 valence electrons. The van der Waals surface area contributed by atoms with E-state index in [9.17, 15) is 9.59 Å². The number of piperidine rings is 1. The van der Waals surface area contributed by atoms with Crippen molar-refractivity contribution in [2.75, 3.05) is 37.2 Å². The average Bonchev–Trinajstić information content (AvgIpc) is 2.79. The molecule has 1 saturated heterocycles. The maximum Gasteiger partial charge on any atom is 0.251 e. The summed E-state index contributed by atoms with van der Waals surface area (Å²) in [5, 5.41) is 5.95. The Morgan fingerprint density at radius 1 is 1.46 bits per heavy atom. The van der Waals surface area contributed by atoms with Gasteiger partial charge in [-0.05, 0) is 50.0 Å². The van der Waals surface area contributed by atoms with Crippen LogP contribution in [0.25, 0.3) is 0 Å². The third-order valence-electron chi connectivity index (χ3n) is 4.70. The first-order valence-corrected chi connectivity index (χ1v) is 9.71. The molecule has 1 atom stereocenters. The summed E-state index contributed by atoms with van der Waals surface area (Å²) in [5.74, 6) is 1.26. The van der Waals surface area contributed by atoms with Gasteiger partial charge in [0.25, 0.3) is 5.91 Å². The minimum absolute atomic E-state index is 0.0145. The first kappa shape index (κ1) is 17.3. The third-order valence-corrected chi connectivity index (χ3v) is 5.78. The van der Waals surface area contributed by atoms with Gasteiger partial charge in [-0.2, -0.15) is 0 Å². The molecule has 2 amide bonds. The first-order chi connectivity index (χ1) is 11.7. The van der Waals surface area contributed by atoms with Crippen molar-refractivity contribution in [1.82, 2.24) is 10.2 Å². The number of benzene rings is 1. The second-order valence-electron chi connectivity index (χ2n) is 6.47. The normalized spacial score (nSPS) is 21.5. The van der Waals surface area contributed by atoms with E-state index in [0.29, 0.717) is 24.4 Å². The molecule has 24 heavy (non-hydrogen) atoms. The summed E-state index contributed by atoms with van der Waals surface area (Å²) in [6, 6.07) is 5.57. The van der Waals surface area contributed by atoms with Crippen LogP contribution in [0, 0.1) is 5.92 Å². The van der Waals surface area contributed by atoms with Gasteiger partial charge in [0, 0.05) is 35.7 Å². The molecule has 1 aromatic carbocycles. The summed E-state index contributed by atoms with van der Waals surface area (Å²) in [5.41, 5.74) is 1.37. The number of hydrogen-bond donors (Lipinski definition) is 2. The van der Waals surface area contributed by atoms with Crippen LogP contribution >= 0.6 is 11.8 Å². The Kier molecular flexibility index (Phi) is 5.79. The molecule has 1 fully saturated rings. The van der Waals surface area contributed by atoms with Crippen LogP contribution in [-0.2, 0) is 4.79 Å². The molecule has 2 aliphatic rings. The minimum Gasteiger partial charge on any atom is -0.352 e. The first-order valence-electron chi connectivity index (χ1n) is 8.73. The lowest BCUT2D eigenvalue weighted by Crippen LogP contribution is -2.40. The molecule has 1 aromatic rings. The summed E-state index contributed by atoms with van der Waals surface area (Å²) in [7, 11) is 0. The number of thioether (sulfide) groups is 1. The molecule has 3 rings (SSSR count). The minimum atomic E-state index is -0.0603. The van der Waals surface area contributed by atoms with Gasteiger partial charge in [-0.3, -0.25) is 9.59 Å². The molecule has 0 saturated carbocycles. The van der Waals surface area contributed by atoms with Crippen LogP contribution in [0.2, 0.25) is 0 Å². The lowest BCUT2D eigenvalue weighted by molar-refractivity contribution is -0.115. The second-order valence-corrected chi connectivity index (χ2v) is 7.61. The van der Waals surface area contributed by atoms with Crippen LogP contribution in [-0.4, -0.2) is 48.6 Å². The van der Waals surface area contributed by atoms with Gasteiger partial charge in [-0.15, -0.1) is 11.8 Å². The fourth-order valence-corrected chi connectivity index (χ4v) is 4.24. The standard InChI is InChI=1S/C18H25N3O2S/c1-2-21-8-3-4-13(12-21)11-19-18(23)14-5-6-16-15(10-14)20-17(22)7-9-24-16/h5-6,10,13H,2-4,7-9,11-12H2,1H3,(H,19,23)(H,20,22)/t13-/m1/s1. The van der Waals surface area contributed by atoms with Crippen molar-refractivity contribution in [3.05, 3.63) is 23.8 Å². The van der Waals surface area contributed by atoms with Crippen LogP contribution in [0.1, 0.15) is 36.5 Å². The Morgan fingerprint density at radius 3 is 3.17 bits per heavy atom. The summed E-state index contributed by atoms with van der Waals surface area (Å²) >= 11 is 1.65. The van der Waals surface area contributed by atoms with E-state index in [1.807, 2.05) is 12.1 Å². The van der Waals surface area contributed by atoms with Crippen LogP contribution in [0.15, 0.2) is 23.1 Å². The zero-order valence-corrected chi connectivity index (χ0v) is 15.0. The Balaban J connectivity index is 1.60. The van der Waals surface area contributed by atoms with Gasteiger partial charge in [-0.1, -0.05) is 6.92 Å². The monoisotopic (exact) mass is 347 g/mol. The van der Waals surface area contributed by atoms with Crippen LogP contribution < -0.4 is 10.6 Å². The smallest absolute Gasteiger partial charge is 0.251 e. The topological polar surface area (TPSA) is 61.4 Å². The second kappa shape index (κ2) is 8.03. The number of amides is 2. The largest absolute Gasteiger partial charge is 0.352 e. The summed E-state index contributed by atoms with van der Waals surface area (Å²) in [6.45, 7) is 6.21. The molecule has 2 heterocycles. The van der Waals surface area contributed by atoms with Crippen molar-refractivity contribution in [2.24, 2.45) is 5.92 Å². The molecule has 0 spiro atoms. The van der Waals surface area contributed by atoms with Crippen molar-refractivity contribution < 1.29 is 9.59 Å². The van der Waals surface area contributed by atoms with Gasteiger partial charge in [-0.25, -0.2) is 0 Å². The van der Waals surface area contributed by atoms with E-state index in [1.54, 1.807) is 17.8 Å². The molecule has 0 aromatic heterocycles.